The fourth-order valence-corrected chi connectivity index (χ4v) is 5.75. The molecule has 0 aliphatic heterocycles. The molecule has 36 heavy (non-hydrogen) atoms. The number of benzene rings is 1. The van der Waals surface area contributed by atoms with Crippen molar-refractivity contribution in [3.63, 3.8) is 0 Å². The molecule has 2 heteroatoms. The van der Waals surface area contributed by atoms with Gasteiger partial charge in [-0.3, -0.25) is 4.98 Å². The first-order valence-corrected chi connectivity index (χ1v) is 15.5. The average molecular weight is 492 g/mol. The van der Waals surface area contributed by atoms with Gasteiger partial charge in [-0.25, -0.2) is 0 Å². The maximum absolute atomic E-state index is 5.91. The highest BCUT2D eigenvalue weighted by molar-refractivity contribution is 5.60. The summed E-state index contributed by atoms with van der Waals surface area (Å²) in [5.41, 5.74) is 3.61. The summed E-state index contributed by atoms with van der Waals surface area (Å²) in [5.74, 6) is 2.90. The predicted molar refractivity (Wildman–Crippen MR) is 156 cm³/mol. The van der Waals surface area contributed by atoms with E-state index in [9.17, 15) is 0 Å². The van der Waals surface area contributed by atoms with Crippen LogP contribution in [0, 0.1) is 11.8 Å². The van der Waals surface area contributed by atoms with Crippen LogP contribution in [0.15, 0.2) is 42.6 Å². The van der Waals surface area contributed by atoms with Crippen molar-refractivity contribution >= 4 is 0 Å². The number of rotatable bonds is 18. The third kappa shape index (κ3) is 11.1. The van der Waals surface area contributed by atoms with E-state index in [1.165, 1.54) is 120 Å². The van der Waals surface area contributed by atoms with Gasteiger partial charge in [-0.05, 0) is 67.0 Å². The zero-order valence-corrected chi connectivity index (χ0v) is 23.5. The molecule has 200 valence electrons. The Labute approximate surface area is 222 Å². The lowest BCUT2D eigenvalue weighted by atomic mass is 9.78. The fourth-order valence-electron chi connectivity index (χ4n) is 5.75. The summed E-state index contributed by atoms with van der Waals surface area (Å²) in [6.07, 6.45) is 26.9. The molecule has 2 nitrogen and oxygen atoms in total. The van der Waals surface area contributed by atoms with Gasteiger partial charge >= 0.3 is 0 Å². The number of hydrogen-bond donors (Lipinski definition) is 0. The molecule has 1 fully saturated rings. The highest BCUT2D eigenvalue weighted by Crippen LogP contribution is 2.34. The maximum atomic E-state index is 5.91. The summed E-state index contributed by atoms with van der Waals surface area (Å²) < 4.78 is 5.91. The van der Waals surface area contributed by atoms with Crippen LogP contribution in [0.1, 0.15) is 129 Å². The van der Waals surface area contributed by atoms with Crippen LogP contribution in [0.5, 0.6) is 5.75 Å². The van der Waals surface area contributed by atoms with Crippen LogP contribution in [0.25, 0.3) is 11.3 Å². The standard InChI is InChI=1S/C34H53NO/c1-3-5-7-9-10-12-14-29-15-17-30(18-16-29)19-20-31-21-26-34(35-28-31)32-22-24-33(25-23-32)36-27-13-11-8-6-4-2/h21-26,28-30H,3-20,27H2,1-2H3/t29-,30-. The lowest BCUT2D eigenvalue weighted by Crippen LogP contribution is -2.15. The average Bonchev–Trinajstić information content (AvgIpc) is 2.93. The third-order valence-electron chi connectivity index (χ3n) is 8.26. The van der Waals surface area contributed by atoms with Gasteiger partial charge in [0.15, 0.2) is 0 Å². The Morgan fingerprint density at radius 3 is 1.92 bits per heavy atom. The molecule has 0 spiro atoms. The molecule has 0 unspecified atom stereocenters. The number of pyridine rings is 1. The minimum atomic E-state index is 0.816. The van der Waals surface area contributed by atoms with Crippen molar-refractivity contribution in [1.82, 2.24) is 4.98 Å². The van der Waals surface area contributed by atoms with Crippen LogP contribution in [-0.2, 0) is 6.42 Å². The van der Waals surface area contributed by atoms with E-state index in [-0.39, 0.29) is 0 Å². The second kappa shape index (κ2) is 17.6. The molecule has 1 aliphatic rings. The minimum Gasteiger partial charge on any atom is -0.494 e. The van der Waals surface area contributed by atoms with Gasteiger partial charge in [0.25, 0.3) is 0 Å². The van der Waals surface area contributed by atoms with Crippen molar-refractivity contribution in [1.29, 1.82) is 0 Å². The molecule has 0 bridgehead atoms. The number of aryl methyl sites for hydroxylation is 1. The molecular weight excluding hydrogens is 438 g/mol. The summed E-state index contributed by atoms with van der Waals surface area (Å²) in [4.78, 5) is 4.78. The van der Waals surface area contributed by atoms with E-state index in [0.29, 0.717) is 0 Å². The number of aromatic nitrogens is 1. The lowest BCUT2D eigenvalue weighted by Gasteiger charge is -2.28. The van der Waals surface area contributed by atoms with Gasteiger partial charge < -0.3 is 4.74 Å². The summed E-state index contributed by atoms with van der Waals surface area (Å²) in [5, 5.41) is 0. The van der Waals surface area contributed by atoms with Crippen LogP contribution in [0.4, 0.5) is 0 Å². The molecule has 0 N–H and O–H groups in total. The molecule has 3 rings (SSSR count). The molecule has 1 aliphatic carbocycles. The van der Waals surface area contributed by atoms with Crippen LogP contribution >= 0.6 is 0 Å². The Bertz CT molecular complexity index is 789. The quantitative estimate of drug-likeness (QED) is 0.193. The first-order chi connectivity index (χ1) is 17.8. The Morgan fingerprint density at radius 2 is 1.28 bits per heavy atom. The van der Waals surface area contributed by atoms with Gasteiger partial charge in [0, 0.05) is 11.8 Å². The summed E-state index contributed by atoms with van der Waals surface area (Å²) >= 11 is 0. The first kappa shape index (κ1) is 28.7. The van der Waals surface area contributed by atoms with Crippen LogP contribution in [-0.4, -0.2) is 11.6 Å². The van der Waals surface area contributed by atoms with E-state index in [2.05, 4.69) is 56.4 Å². The van der Waals surface area contributed by atoms with Gasteiger partial charge in [-0.2, -0.15) is 0 Å². The highest BCUT2D eigenvalue weighted by atomic mass is 16.5. The summed E-state index contributed by atoms with van der Waals surface area (Å²) in [7, 11) is 0. The van der Waals surface area contributed by atoms with Crippen molar-refractivity contribution in [2.75, 3.05) is 6.61 Å². The topological polar surface area (TPSA) is 22.1 Å². The number of hydrogen-bond acceptors (Lipinski definition) is 2. The van der Waals surface area contributed by atoms with Crippen molar-refractivity contribution in [3.05, 3.63) is 48.2 Å². The van der Waals surface area contributed by atoms with E-state index < -0.39 is 0 Å². The third-order valence-corrected chi connectivity index (χ3v) is 8.26. The zero-order chi connectivity index (χ0) is 25.3. The van der Waals surface area contributed by atoms with E-state index in [4.69, 9.17) is 9.72 Å². The van der Waals surface area contributed by atoms with Crippen LogP contribution in [0.3, 0.4) is 0 Å². The van der Waals surface area contributed by atoms with E-state index in [1.807, 2.05) is 0 Å². The second-order valence-corrected chi connectivity index (χ2v) is 11.3. The Balaban J connectivity index is 1.30. The lowest BCUT2D eigenvalue weighted by molar-refractivity contribution is 0.248. The molecule has 1 aromatic heterocycles. The zero-order valence-electron chi connectivity index (χ0n) is 23.5. The minimum absolute atomic E-state index is 0.816. The molecule has 0 saturated heterocycles. The van der Waals surface area contributed by atoms with Gasteiger partial charge in [0.05, 0.1) is 12.3 Å². The van der Waals surface area contributed by atoms with Crippen molar-refractivity contribution in [2.45, 2.75) is 129 Å². The summed E-state index contributed by atoms with van der Waals surface area (Å²) in [6.45, 7) is 5.37. The van der Waals surface area contributed by atoms with Crippen molar-refractivity contribution in [3.8, 4) is 17.0 Å². The molecular formula is C34H53NO. The molecule has 1 saturated carbocycles. The van der Waals surface area contributed by atoms with E-state index in [0.717, 1.165) is 36.3 Å². The van der Waals surface area contributed by atoms with Gasteiger partial charge in [-0.1, -0.05) is 116 Å². The van der Waals surface area contributed by atoms with Gasteiger partial charge in [-0.15, -0.1) is 0 Å². The number of unbranched alkanes of at least 4 members (excludes halogenated alkanes) is 9. The maximum Gasteiger partial charge on any atom is 0.119 e. The Morgan fingerprint density at radius 1 is 0.667 bits per heavy atom. The van der Waals surface area contributed by atoms with E-state index in [1.54, 1.807) is 0 Å². The predicted octanol–water partition coefficient (Wildman–Crippen LogP) is 10.6. The normalized spacial score (nSPS) is 17.8. The molecule has 1 heterocycles. The Kier molecular flexibility index (Phi) is 14.0. The Hall–Kier alpha value is -1.83. The second-order valence-electron chi connectivity index (χ2n) is 11.3. The molecule has 1 aromatic carbocycles. The molecule has 2 aromatic rings. The SMILES string of the molecule is CCCCCCCC[C@H]1CC[C@H](CCc2ccc(-c3ccc(OCCCCCCC)cc3)nc2)CC1. The fraction of sp³-hybridized carbons (Fsp3) is 0.676. The van der Waals surface area contributed by atoms with Crippen molar-refractivity contribution in [2.24, 2.45) is 11.8 Å². The van der Waals surface area contributed by atoms with Gasteiger partial charge in [0.2, 0.25) is 0 Å². The molecule has 0 amide bonds. The van der Waals surface area contributed by atoms with Crippen LogP contribution in [0.2, 0.25) is 0 Å². The van der Waals surface area contributed by atoms with E-state index >= 15 is 0 Å². The smallest absolute Gasteiger partial charge is 0.119 e. The number of nitrogens with zero attached hydrogens (tertiary/aromatic N) is 1. The molecule has 0 radical (unpaired) electrons. The largest absolute Gasteiger partial charge is 0.494 e. The molecule has 0 atom stereocenters. The van der Waals surface area contributed by atoms with Crippen molar-refractivity contribution < 1.29 is 4.74 Å². The van der Waals surface area contributed by atoms with Gasteiger partial charge in [0.1, 0.15) is 5.75 Å². The first-order valence-electron chi connectivity index (χ1n) is 15.5. The highest BCUT2D eigenvalue weighted by Gasteiger charge is 2.20. The monoisotopic (exact) mass is 491 g/mol. The summed E-state index contributed by atoms with van der Waals surface area (Å²) in [6, 6.07) is 12.9. The number of ether oxygens (including phenoxy) is 1. The van der Waals surface area contributed by atoms with Crippen LogP contribution < -0.4 is 4.74 Å².